The van der Waals surface area contributed by atoms with E-state index in [2.05, 4.69) is 6.58 Å². The standard InChI is InChI=1S/C17H13ClO3/c1-11(2)17(20)21-13-8-9-14(15(18)10-13)16(19)12-6-4-3-5-7-12/h3-10H,1H2,2H3. The summed E-state index contributed by atoms with van der Waals surface area (Å²) in [6.45, 7) is 5.05. The molecule has 0 heterocycles. The first-order chi connectivity index (χ1) is 9.99. The van der Waals surface area contributed by atoms with E-state index in [1.165, 1.54) is 12.1 Å². The maximum absolute atomic E-state index is 12.3. The lowest BCUT2D eigenvalue weighted by Gasteiger charge is -2.07. The maximum Gasteiger partial charge on any atom is 0.338 e. The lowest BCUT2D eigenvalue weighted by atomic mass is 10.0. The second-order valence-corrected chi connectivity index (χ2v) is 4.91. The van der Waals surface area contributed by atoms with Crippen molar-refractivity contribution in [2.75, 3.05) is 0 Å². The Morgan fingerprint density at radius 1 is 1.10 bits per heavy atom. The summed E-state index contributed by atoms with van der Waals surface area (Å²) in [5, 5.41) is 0.232. The van der Waals surface area contributed by atoms with E-state index < -0.39 is 5.97 Å². The number of halogens is 1. The molecule has 0 N–H and O–H groups in total. The smallest absolute Gasteiger partial charge is 0.338 e. The zero-order valence-electron chi connectivity index (χ0n) is 11.4. The number of esters is 1. The molecule has 3 nitrogen and oxygen atoms in total. The van der Waals surface area contributed by atoms with E-state index in [1.807, 2.05) is 6.07 Å². The SMILES string of the molecule is C=C(C)C(=O)Oc1ccc(C(=O)c2ccccc2)c(Cl)c1. The van der Waals surface area contributed by atoms with Crippen LogP contribution in [0.15, 0.2) is 60.7 Å². The number of hydrogen-bond acceptors (Lipinski definition) is 3. The van der Waals surface area contributed by atoms with Gasteiger partial charge in [0, 0.05) is 22.8 Å². The molecule has 0 radical (unpaired) electrons. The molecule has 0 fully saturated rings. The second-order valence-electron chi connectivity index (χ2n) is 4.51. The third-order valence-corrected chi connectivity index (χ3v) is 3.09. The fourth-order valence-electron chi connectivity index (χ4n) is 1.68. The lowest BCUT2D eigenvalue weighted by Crippen LogP contribution is -2.09. The molecule has 0 amide bonds. The van der Waals surface area contributed by atoms with E-state index in [-0.39, 0.29) is 22.1 Å². The fourth-order valence-corrected chi connectivity index (χ4v) is 1.94. The van der Waals surface area contributed by atoms with Gasteiger partial charge < -0.3 is 4.74 Å². The molecule has 0 atom stereocenters. The van der Waals surface area contributed by atoms with Crippen molar-refractivity contribution in [3.8, 4) is 5.75 Å². The first kappa shape index (κ1) is 15.0. The predicted molar refractivity (Wildman–Crippen MR) is 81.8 cm³/mol. The molecule has 0 saturated heterocycles. The van der Waals surface area contributed by atoms with Crippen LogP contribution in [0.4, 0.5) is 0 Å². The minimum Gasteiger partial charge on any atom is -0.423 e. The first-order valence-electron chi connectivity index (χ1n) is 6.26. The molecule has 4 heteroatoms. The Hall–Kier alpha value is -2.39. The van der Waals surface area contributed by atoms with Gasteiger partial charge in [0.25, 0.3) is 0 Å². The monoisotopic (exact) mass is 300 g/mol. The summed E-state index contributed by atoms with van der Waals surface area (Å²) < 4.78 is 5.06. The lowest BCUT2D eigenvalue weighted by molar-refractivity contribution is -0.130. The van der Waals surface area contributed by atoms with Gasteiger partial charge in [-0.3, -0.25) is 4.79 Å². The second kappa shape index (κ2) is 6.37. The summed E-state index contributed by atoms with van der Waals surface area (Å²) in [7, 11) is 0. The summed E-state index contributed by atoms with van der Waals surface area (Å²) >= 11 is 6.10. The van der Waals surface area contributed by atoms with E-state index in [4.69, 9.17) is 16.3 Å². The van der Waals surface area contributed by atoms with Gasteiger partial charge in [-0.15, -0.1) is 0 Å². The van der Waals surface area contributed by atoms with E-state index >= 15 is 0 Å². The highest BCUT2D eigenvalue weighted by Gasteiger charge is 2.14. The van der Waals surface area contributed by atoms with Crippen molar-refractivity contribution >= 4 is 23.4 Å². The largest absolute Gasteiger partial charge is 0.423 e. The summed E-state index contributed by atoms with van der Waals surface area (Å²) in [5.74, 6) is -0.441. The van der Waals surface area contributed by atoms with E-state index in [0.717, 1.165) is 0 Å². The zero-order chi connectivity index (χ0) is 15.4. The van der Waals surface area contributed by atoms with Gasteiger partial charge in [-0.25, -0.2) is 4.79 Å². The number of carbonyl (C=O) groups excluding carboxylic acids is 2. The number of hydrogen-bond donors (Lipinski definition) is 0. The molecule has 0 aliphatic carbocycles. The molecule has 2 aromatic carbocycles. The Morgan fingerprint density at radius 3 is 2.33 bits per heavy atom. The van der Waals surface area contributed by atoms with Gasteiger partial charge in [0.1, 0.15) is 5.75 Å². The van der Waals surface area contributed by atoms with Crippen molar-refractivity contribution in [2.24, 2.45) is 0 Å². The van der Waals surface area contributed by atoms with E-state index in [0.29, 0.717) is 11.1 Å². The first-order valence-corrected chi connectivity index (χ1v) is 6.64. The molecule has 2 aromatic rings. The van der Waals surface area contributed by atoms with Crippen molar-refractivity contribution in [1.82, 2.24) is 0 Å². The molecule has 0 spiro atoms. The third-order valence-electron chi connectivity index (χ3n) is 2.78. The summed E-state index contributed by atoms with van der Waals surface area (Å²) in [4.78, 5) is 23.7. The molecule has 106 valence electrons. The molecule has 0 bridgehead atoms. The Morgan fingerprint density at radius 2 is 1.76 bits per heavy atom. The Balaban J connectivity index is 2.26. The Bertz CT molecular complexity index is 705. The van der Waals surface area contributed by atoms with Gasteiger partial charge in [0.15, 0.2) is 5.78 Å². The van der Waals surface area contributed by atoms with Crippen LogP contribution in [0.3, 0.4) is 0 Å². The predicted octanol–water partition coefficient (Wildman–Crippen LogP) is 4.05. The van der Waals surface area contributed by atoms with E-state index in [1.54, 1.807) is 37.3 Å². The van der Waals surface area contributed by atoms with Crippen molar-refractivity contribution in [3.63, 3.8) is 0 Å². The summed E-state index contributed by atoms with van der Waals surface area (Å²) in [6, 6.07) is 13.3. The molecule has 0 aliphatic rings. The number of benzene rings is 2. The van der Waals surface area contributed by atoms with Gasteiger partial charge in [-0.05, 0) is 19.1 Å². The van der Waals surface area contributed by atoms with Crippen LogP contribution in [0.25, 0.3) is 0 Å². The van der Waals surface area contributed by atoms with Crippen LogP contribution in [0.2, 0.25) is 5.02 Å². The van der Waals surface area contributed by atoms with Crippen molar-refractivity contribution in [2.45, 2.75) is 6.92 Å². The van der Waals surface area contributed by atoms with Crippen molar-refractivity contribution in [1.29, 1.82) is 0 Å². The third kappa shape index (κ3) is 3.58. The highest BCUT2D eigenvalue weighted by molar-refractivity contribution is 6.35. The highest BCUT2D eigenvalue weighted by Crippen LogP contribution is 2.25. The molecular formula is C17H13ClO3. The number of carbonyl (C=O) groups is 2. The van der Waals surface area contributed by atoms with Crippen LogP contribution >= 0.6 is 11.6 Å². The van der Waals surface area contributed by atoms with Gasteiger partial charge in [0.05, 0.1) is 5.02 Å². The number of ketones is 1. The van der Waals surface area contributed by atoms with E-state index in [9.17, 15) is 9.59 Å². The van der Waals surface area contributed by atoms with Crippen molar-refractivity contribution in [3.05, 3.63) is 76.8 Å². The van der Waals surface area contributed by atoms with Crippen LogP contribution in [-0.2, 0) is 4.79 Å². The topological polar surface area (TPSA) is 43.4 Å². The normalized spacial score (nSPS) is 10.0. The van der Waals surface area contributed by atoms with Crippen molar-refractivity contribution < 1.29 is 14.3 Å². The maximum atomic E-state index is 12.3. The van der Waals surface area contributed by atoms with Gasteiger partial charge in [-0.2, -0.15) is 0 Å². The van der Waals surface area contributed by atoms with Crippen LogP contribution in [0, 0.1) is 0 Å². The van der Waals surface area contributed by atoms with Crippen LogP contribution in [0.1, 0.15) is 22.8 Å². The Labute approximate surface area is 127 Å². The molecule has 0 aromatic heterocycles. The highest BCUT2D eigenvalue weighted by atomic mass is 35.5. The molecule has 0 saturated carbocycles. The van der Waals surface area contributed by atoms with Crippen LogP contribution in [0.5, 0.6) is 5.75 Å². The zero-order valence-corrected chi connectivity index (χ0v) is 12.2. The van der Waals surface area contributed by atoms with Crippen LogP contribution < -0.4 is 4.74 Å². The summed E-state index contributed by atoms with van der Waals surface area (Å²) in [6.07, 6.45) is 0. The molecule has 21 heavy (non-hydrogen) atoms. The Kier molecular flexibility index (Phi) is 4.55. The van der Waals surface area contributed by atoms with Gasteiger partial charge >= 0.3 is 5.97 Å². The average Bonchev–Trinajstić information content (AvgIpc) is 2.47. The van der Waals surface area contributed by atoms with Crippen LogP contribution in [-0.4, -0.2) is 11.8 Å². The molecule has 0 unspecified atom stereocenters. The molecular weight excluding hydrogens is 288 g/mol. The van der Waals surface area contributed by atoms with Gasteiger partial charge in [0.2, 0.25) is 0 Å². The quantitative estimate of drug-likeness (QED) is 0.370. The number of rotatable bonds is 4. The number of ether oxygens (including phenoxy) is 1. The summed E-state index contributed by atoms with van der Waals surface area (Å²) in [5.41, 5.74) is 1.19. The molecule has 0 aliphatic heterocycles. The van der Waals surface area contributed by atoms with Gasteiger partial charge in [-0.1, -0.05) is 48.5 Å². The minimum absolute atomic E-state index is 0.182. The average molecular weight is 301 g/mol. The fraction of sp³-hybridized carbons (Fsp3) is 0.0588. The molecule has 2 rings (SSSR count). The minimum atomic E-state index is -0.534.